The molecule has 170 valence electrons. The fourth-order valence-corrected chi connectivity index (χ4v) is 6.25. The molecule has 3 fully saturated rings. The summed E-state index contributed by atoms with van der Waals surface area (Å²) in [5.74, 6) is -0.223. The van der Waals surface area contributed by atoms with Crippen molar-refractivity contribution in [2.24, 2.45) is 11.8 Å². The maximum Gasteiger partial charge on any atom is 0.233 e. The zero-order chi connectivity index (χ0) is 22.7. The SMILES string of the molecule is C[C@H]1CNCCN1Cc1ccc(Cl)cc1-c1ncnc2cc(CN3C(=O)C4CC4C3=O)sc12. The molecule has 2 aliphatic heterocycles. The molecule has 2 saturated heterocycles. The van der Waals surface area contributed by atoms with E-state index in [4.69, 9.17) is 11.6 Å². The van der Waals surface area contributed by atoms with Gasteiger partial charge < -0.3 is 5.32 Å². The van der Waals surface area contributed by atoms with Gasteiger partial charge in [0, 0.05) is 47.7 Å². The summed E-state index contributed by atoms with van der Waals surface area (Å²) < 4.78 is 0.952. The Bertz CT molecular complexity index is 1260. The van der Waals surface area contributed by atoms with E-state index in [2.05, 4.69) is 33.2 Å². The second-order valence-electron chi connectivity index (χ2n) is 9.19. The van der Waals surface area contributed by atoms with Crippen molar-refractivity contribution in [1.82, 2.24) is 25.1 Å². The number of piperidine rings is 1. The molecular weight excluding hydrogens is 458 g/mol. The van der Waals surface area contributed by atoms with Gasteiger partial charge in [-0.25, -0.2) is 9.97 Å². The third kappa shape index (κ3) is 3.75. The molecule has 6 rings (SSSR count). The van der Waals surface area contributed by atoms with Crippen LogP contribution in [0.15, 0.2) is 30.6 Å². The third-order valence-corrected chi connectivity index (χ3v) is 8.32. The van der Waals surface area contributed by atoms with Crippen molar-refractivity contribution in [3.05, 3.63) is 46.1 Å². The normalized spacial score (nSPS) is 25.2. The van der Waals surface area contributed by atoms with E-state index in [0.29, 0.717) is 17.6 Å². The number of benzene rings is 1. The molecule has 1 saturated carbocycles. The van der Waals surface area contributed by atoms with Crippen molar-refractivity contribution >= 4 is 45.0 Å². The summed E-state index contributed by atoms with van der Waals surface area (Å²) in [5.41, 5.74) is 3.85. The Kier molecular flexibility index (Phi) is 5.21. The molecule has 2 aromatic heterocycles. The van der Waals surface area contributed by atoms with Gasteiger partial charge in [-0.15, -0.1) is 11.3 Å². The lowest BCUT2D eigenvalue weighted by Gasteiger charge is -2.34. The second-order valence-corrected chi connectivity index (χ2v) is 10.8. The molecular formula is C24H24ClN5O2S. The molecule has 3 aromatic rings. The first-order chi connectivity index (χ1) is 16.0. The number of halogens is 1. The van der Waals surface area contributed by atoms with Gasteiger partial charge in [0.25, 0.3) is 0 Å². The van der Waals surface area contributed by atoms with E-state index in [1.54, 1.807) is 17.7 Å². The first-order valence-corrected chi connectivity index (χ1v) is 12.5. The third-order valence-electron chi connectivity index (χ3n) is 6.97. The van der Waals surface area contributed by atoms with Gasteiger partial charge in [-0.2, -0.15) is 0 Å². The second kappa shape index (κ2) is 8.13. The van der Waals surface area contributed by atoms with Crippen LogP contribution in [0.3, 0.4) is 0 Å². The summed E-state index contributed by atoms with van der Waals surface area (Å²) in [5, 5.41) is 4.11. The zero-order valence-corrected chi connectivity index (χ0v) is 19.8. The molecule has 0 bridgehead atoms. The van der Waals surface area contributed by atoms with Crippen LogP contribution in [-0.4, -0.2) is 57.3 Å². The van der Waals surface area contributed by atoms with Crippen LogP contribution in [-0.2, 0) is 22.7 Å². The topological polar surface area (TPSA) is 78.4 Å². The van der Waals surface area contributed by atoms with E-state index in [-0.39, 0.29) is 23.7 Å². The van der Waals surface area contributed by atoms with Gasteiger partial charge in [0.1, 0.15) is 6.33 Å². The Morgan fingerprint density at radius 2 is 1.97 bits per heavy atom. The van der Waals surface area contributed by atoms with Crippen LogP contribution < -0.4 is 5.32 Å². The standard InChI is InChI=1S/C24H24ClN5O2S/c1-13-9-26-4-5-29(13)10-14-2-3-15(25)6-17(14)21-22-20(27-12-28-21)7-16(33-22)11-30-23(31)18-8-19(18)24(30)32/h2-3,6-7,12-13,18-19,26H,4-5,8-11H2,1H3/t13-,18?,19?/m0/s1. The fourth-order valence-electron chi connectivity index (χ4n) is 4.98. The molecule has 1 N–H and O–H groups in total. The minimum Gasteiger partial charge on any atom is -0.314 e. The quantitative estimate of drug-likeness (QED) is 0.563. The fraction of sp³-hybridized carbons (Fsp3) is 0.417. The number of piperazine rings is 1. The zero-order valence-electron chi connectivity index (χ0n) is 18.3. The lowest BCUT2D eigenvalue weighted by atomic mass is 10.0. The number of carbonyl (C=O) groups is 2. The van der Waals surface area contributed by atoms with Crippen LogP contribution >= 0.6 is 22.9 Å². The minimum absolute atomic E-state index is 0.0315. The van der Waals surface area contributed by atoms with Crippen LogP contribution in [0.25, 0.3) is 21.5 Å². The number of imide groups is 1. The minimum atomic E-state index is -0.0800. The number of nitrogens with zero attached hydrogens (tertiary/aromatic N) is 4. The summed E-state index contributed by atoms with van der Waals surface area (Å²) in [6.45, 7) is 6.32. The van der Waals surface area contributed by atoms with Crippen molar-refractivity contribution in [1.29, 1.82) is 0 Å². The van der Waals surface area contributed by atoms with Crippen molar-refractivity contribution < 1.29 is 9.59 Å². The van der Waals surface area contributed by atoms with Gasteiger partial charge in [0.05, 0.1) is 34.3 Å². The maximum absolute atomic E-state index is 12.4. The highest BCUT2D eigenvalue weighted by Crippen LogP contribution is 2.48. The average Bonchev–Trinajstić information content (AvgIpc) is 3.44. The first-order valence-electron chi connectivity index (χ1n) is 11.3. The number of rotatable bonds is 5. The highest BCUT2D eigenvalue weighted by atomic mass is 35.5. The van der Waals surface area contributed by atoms with Crippen molar-refractivity contribution in [2.75, 3.05) is 19.6 Å². The Hall–Kier alpha value is -2.39. The molecule has 1 aliphatic carbocycles. The van der Waals surface area contributed by atoms with Crippen molar-refractivity contribution in [3.63, 3.8) is 0 Å². The monoisotopic (exact) mass is 481 g/mol. The van der Waals surface area contributed by atoms with Crippen molar-refractivity contribution in [3.8, 4) is 11.3 Å². The predicted molar refractivity (Wildman–Crippen MR) is 128 cm³/mol. The van der Waals surface area contributed by atoms with E-state index in [1.807, 2.05) is 18.2 Å². The van der Waals surface area contributed by atoms with E-state index >= 15 is 0 Å². The molecule has 2 unspecified atom stereocenters. The van der Waals surface area contributed by atoms with Crippen LogP contribution in [0, 0.1) is 11.8 Å². The average molecular weight is 482 g/mol. The van der Waals surface area contributed by atoms with Gasteiger partial charge in [-0.05, 0) is 37.1 Å². The largest absolute Gasteiger partial charge is 0.314 e. The number of hydrogen-bond donors (Lipinski definition) is 1. The molecule has 9 heteroatoms. The molecule has 0 radical (unpaired) electrons. The molecule has 0 spiro atoms. The van der Waals surface area contributed by atoms with Crippen LogP contribution in [0.5, 0.6) is 0 Å². The summed E-state index contributed by atoms with van der Waals surface area (Å²) >= 11 is 7.96. The van der Waals surface area contributed by atoms with Crippen LogP contribution in [0.4, 0.5) is 0 Å². The Balaban J connectivity index is 1.35. The van der Waals surface area contributed by atoms with Crippen LogP contribution in [0.1, 0.15) is 23.8 Å². The van der Waals surface area contributed by atoms with E-state index in [1.165, 1.54) is 10.5 Å². The number of amides is 2. The van der Waals surface area contributed by atoms with Crippen LogP contribution in [0.2, 0.25) is 5.02 Å². The molecule has 3 aliphatic rings. The summed E-state index contributed by atoms with van der Waals surface area (Å²) in [4.78, 5) is 38.8. The first kappa shape index (κ1) is 21.2. The number of hydrogen-bond acceptors (Lipinski definition) is 7. The lowest BCUT2D eigenvalue weighted by Crippen LogP contribution is -2.49. The highest BCUT2D eigenvalue weighted by Gasteiger charge is 2.58. The number of fused-ring (bicyclic) bond motifs is 2. The van der Waals surface area contributed by atoms with E-state index < -0.39 is 0 Å². The highest BCUT2D eigenvalue weighted by molar-refractivity contribution is 7.19. The summed E-state index contributed by atoms with van der Waals surface area (Å²) in [7, 11) is 0. The molecule has 1 aromatic carbocycles. The lowest BCUT2D eigenvalue weighted by molar-refractivity contribution is -0.141. The van der Waals surface area contributed by atoms with Crippen molar-refractivity contribution in [2.45, 2.75) is 32.5 Å². The van der Waals surface area contributed by atoms with Gasteiger partial charge in [-0.1, -0.05) is 17.7 Å². The molecule has 33 heavy (non-hydrogen) atoms. The summed E-state index contributed by atoms with van der Waals surface area (Å²) in [6.07, 6.45) is 2.30. The Morgan fingerprint density at radius 1 is 1.15 bits per heavy atom. The number of nitrogens with one attached hydrogen (secondary N) is 1. The maximum atomic E-state index is 12.4. The number of aromatic nitrogens is 2. The Morgan fingerprint density at radius 3 is 2.76 bits per heavy atom. The molecule has 2 amide bonds. The Labute approximate surface area is 200 Å². The molecule has 3 atom stereocenters. The summed E-state index contributed by atoms with van der Waals surface area (Å²) in [6, 6.07) is 8.41. The number of likely N-dealkylation sites (tertiary alicyclic amines) is 1. The predicted octanol–water partition coefficient (Wildman–Crippen LogP) is 3.31. The van der Waals surface area contributed by atoms with Gasteiger partial charge >= 0.3 is 0 Å². The molecule has 7 nitrogen and oxygen atoms in total. The van der Waals surface area contributed by atoms with Gasteiger partial charge in [-0.3, -0.25) is 19.4 Å². The van der Waals surface area contributed by atoms with Gasteiger partial charge in [0.15, 0.2) is 0 Å². The smallest absolute Gasteiger partial charge is 0.233 e. The molecule has 4 heterocycles. The van der Waals surface area contributed by atoms with E-state index in [0.717, 1.165) is 59.0 Å². The number of thiophene rings is 1. The van der Waals surface area contributed by atoms with E-state index in [9.17, 15) is 9.59 Å². The van der Waals surface area contributed by atoms with Gasteiger partial charge in [0.2, 0.25) is 11.8 Å². The number of carbonyl (C=O) groups excluding carboxylic acids is 2.